The van der Waals surface area contributed by atoms with E-state index in [-0.39, 0.29) is 5.91 Å². The third-order valence-corrected chi connectivity index (χ3v) is 5.97. The van der Waals surface area contributed by atoms with Crippen molar-refractivity contribution in [2.45, 2.75) is 57.0 Å². The minimum absolute atomic E-state index is 0.0280. The van der Waals surface area contributed by atoms with Gasteiger partial charge >= 0.3 is 0 Å². The zero-order valence-corrected chi connectivity index (χ0v) is 17.1. The summed E-state index contributed by atoms with van der Waals surface area (Å²) in [6.07, 6.45) is 5.02. The predicted molar refractivity (Wildman–Crippen MR) is 113 cm³/mol. The molecule has 3 rings (SSSR count). The van der Waals surface area contributed by atoms with Gasteiger partial charge < -0.3 is 10.1 Å². The highest BCUT2D eigenvalue weighted by atomic mass is 32.2. The highest BCUT2D eigenvalue weighted by Crippen LogP contribution is 2.26. The largest absolute Gasteiger partial charge is 0.481 e. The molecule has 0 heterocycles. The summed E-state index contributed by atoms with van der Waals surface area (Å²) in [5, 5.41) is 3.01. The maximum absolute atomic E-state index is 12.5. The molecule has 1 N–H and O–H groups in total. The first-order chi connectivity index (χ1) is 13.2. The third-order valence-electron chi connectivity index (χ3n) is 4.95. The molecule has 0 saturated heterocycles. The van der Waals surface area contributed by atoms with Crippen molar-refractivity contribution in [1.29, 1.82) is 0 Å². The molecule has 2 aromatic rings. The topological polar surface area (TPSA) is 38.3 Å². The van der Waals surface area contributed by atoms with Crippen molar-refractivity contribution in [3.63, 3.8) is 0 Å². The Hall–Kier alpha value is -1.94. The van der Waals surface area contributed by atoms with E-state index in [1.807, 2.05) is 13.0 Å². The number of aryl methyl sites for hydroxylation is 3. The number of thioether (sulfide) groups is 1. The molecular weight excluding hydrogens is 354 g/mol. The molecule has 0 aromatic heterocycles. The standard InChI is InChI=1S/C23H29NO2S/c1-3-22(26-20-11-10-18-6-4-5-7-19(18)16-20)23(25)24-14-15-27-21-12-8-17(2)9-13-21/h8-13,16,22H,3-7,14-15H2,1-2H3,(H,24,25)/t22-/m1/s1. The van der Waals surface area contributed by atoms with Gasteiger partial charge in [-0.1, -0.05) is 30.7 Å². The number of rotatable bonds is 8. The molecule has 0 unspecified atom stereocenters. The second-order valence-corrected chi connectivity index (χ2v) is 8.27. The van der Waals surface area contributed by atoms with Crippen LogP contribution < -0.4 is 10.1 Å². The highest BCUT2D eigenvalue weighted by Gasteiger charge is 2.19. The van der Waals surface area contributed by atoms with Crippen molar-refractivity contribution in [1.82, 2.24) is 5.32 Å². The van der Waals surface area contributed by atoms with Crippen LogP contribution in [0, 0.1) is 6.92 Å². The normalized spacial score (nSPS) is 14.3. The molecule has 0 spiro atoms. The van der Waals surface area contributed by atoms with E-state index in [9.17, 15) is 4.79 Å². The zero-order chi connectivity index (χ0) is 19.1. The molecular formula is C23H29NO2S. The van der Waals surface area contributed by atoms with Crippen molar-refractivity contribution in [3.05, 3.63) is 59.2 Å². The van der Waals surface area contributed by atoms with Crippen molar-refractivity contribution in [2.24, 2.45) is 0 Å². The van der Waals surface area contributed by atoms with Crippen molar-refractivity contribution in [3.8, 4) is 5.75 Å². The van der Waals surface area contributed by atoms with Gasteiger partial charge in [0.15, 0.2) is 6.10 Å². The quantitative estimate of drug-likeness (QED) is 0.518. The maximum Gasteiger partial charge on any atom is 0.261 e. The van der Waals surface area contributed by atoms with E-state index < -0.39 is 6.10 Å². The van der Waals surface area contributed by atoms with Crippen LogP contribution in [0.25, 0.3) is 0 Å². The Kier molecular flexibility index (Phi) is 7.22. The SMILES string of the molecule is CC[C@@H](Oc1ccc2c(c1)CCCC2)C(=O)NCCSc1ccc(C)cc1. The molecule has 0 fully saturated rings. The fourth-order valence-corrected chi connectivity index (χ4v) is 4.13. The molecule has 0 radical (unpaired) electrons. The molecule has 0 saturated carbocycles. The van der Waals surface area contributed by atoms with E-state index >= 15 is 0 Å². The van der Waals surface area contributed by atoms with Crippen molar-refractivity contribution < 1.29 is 9.53 Å². The van der Waals surface area contributed by atoms with Crippen LogP contribution in [0.5, 0.6) is 5.75 Å². The first kappa shape index (κ1) is 19.8. The first-order valence-corrected chi connectivity index (χ1v) is 10.9. The lowest BCUT2D eigenvalue weighted by molar-refractivity contribution is -0.127. The van der Waals surface area contributed by atoms with Gasteiger partial charge in [0.05, 0.1) is 0 Å². The number of benzene rings is 2. The number of fused-ring (bicyclic) bond motifs is 1. The average molecular weight is 384 g/mol. The van der Waals surface area contributed by atoms with Gasteiger partial charge in [-0.3, -0.25) is 4.79 Å². The number of carbonyl (C=O) groups excluding carboxylic acids is 1. The van der Waals surface area contributed by atoms with Gasteiger partial charge in [-0.25, -0.2) is 0 Å². The number of hydrogen-bond donors (Lipinski definition) is 1. The van der Waals surface area contributed by atoms with Crippen LogP contribution in [0.4, 0.5) is 0 Å². The minimum atomic E-state index is -0.434. The summed E-state index contributed by atoms with van der Waals surface area (Å²) in [6, 6.07) is 14.8. The van der Waals surface area contributed by atoms with E-state index in [2.05, 4.69) is 48.6 Å². The number of hydrogen-bond acceptors (Lipinski definition) is 3. The van der Waals surface area contributed by atoms with Crippen molar-refractivity contribution in [2.75, 3.05) is 12.3 Å². The molecule has 2 aromatic carbocycles. The maximum atomic E-state index is 12.5. The Morgan fingerprint density at radius 2 is 1.85 bits per heavy atom. The lowest BCUT2D eigenvalue weighted by Gasteiger charge is -2.20. The van der Waals surface area contributed by atoms with Crippen LogP contribution >= 0.6 is 11.8 Å². The summed E-state index contributed by atoms with van der Waals surface area (Å²) in [4.78, 5) is 13.7. The second kappa shape index (κ2) is 9.84. The van der Waals surface area contributed by atoms with Crippen LogP contribution in [0.15, 0.2) is 47.4 Å². The molecule has 1 aliphatic carbocycles. The lowest BCUT2D eigenvalue weighted by Crippen LogP contribution is -2.39. The van der Waals surface area contributed by atoms with E-state index in [4.69, 9.17) is 4.74 Å². The summed E-state index contributed by atoms with van der Waals surface area (Å²) in [7, 11) is 0. The van der Waals surface area contributed by atoms with Gasteiger partial charge in [0.2, 0.25) is 0 Å². The van der Waals surface area contributed by atoms with Crippen LogP contribution in [0.1, 0.15) is 42.9 Å². The summed E-state index contributed by atoms with van der Waals surface area (Å²) < 4.78 is 6.00. The molecule has 1 aliphatic rings. The first-order valence-electron chi connectivity index (χ1n) is 9.91. The number of amides is 1. The fraction of sp³-hybridized carbons (Fsp3) is 0.435. The molecule has 144 valence electrons. The molecule has 4 heteroatoms. The number of nitrogens with one attached hydrogen (secondary N) is 1. The molecule has 0 bridgehead atoms. The van der Waals surface area contributed by atoms with Gasteiger partial charge in [0, 0.05) is 17.2 Å². The molecule has 0 aliphatic heterocycles. The Bertz CT molecular complexity index is 757. The van der Waals surface area contributed by atoms with Crippen LogP contribution in [0.2, 0.25) is 0 Å². The summed E-state index contributed by atoms with van der Waals surface area (Å²) >= 11 is 1.75. The Morgan fingerprint density at radius 3 is 2.59 bits per heavy atom. The Labute approximate surface area is 166 Å². The van der Waals surface area contributed by atoms with Gasteiger partial charge in [0.1, 0.15) is 5.75 Å². The van der Waals surface area contributed by atoms with Crippen LogP contribution in [-0.4, -0.2) is 24.3 Å². The number of carbonyl (C=O) groups is 1. The summed E-state index contributed by atoms with van der Waals surface area (Å²) in [6.45, 7) is 4.72. The zero-order valence-electron chi connectivity index (χ0n) is 16.3. The van der Waals surface area contributed by atoms with E-state index in [0.717, 1.165) is 24.3 Å². The smallest absolute Gasteiger partial charge is 0.261 e. The second-order valence-electron chi connectivity index (χ2n) is 7.10. The Balaban J connectivity index is 1.46. The predicted octanol–water partition coefficient (Wildman–Crippen LogP) is 4.94. The summed E-state index contributed by atoms with van der Waals surface area (Å²) in [5.74, 6) is 1.63. The monoisotopic (exact) mass is 383 g/mol. The number of ether oxygens (including phenoxy) is 1. The average Bonchev–Trinajstić information content (AvgIpc) is 2.70. The van der Waals surface area contributed by atoms with Gasteiger partial charge in [-0.15, -0.1) is 11.8 Å². The third kappa shape index (κ3) is 5.77. The van der Waals surface area contributed by atoms with Gasteiger partial charge in [-0.05, 0) is 74.4 Å². The van der Waals surface area contributed by atoms with E-state index in [0.29, 0.717) is 13.0 Å². The van der Waals surface area contributed by atoms with E-state index in [1.165, 1.54) is 34.4 Å². The Morgan fingerprint density at radius 1 is 1.11 bits per heavy atom. The van der Waals surface area contributed by atoms with Gasteiger partial charge in [-0.2, -0.15) is 0 Å². The summed E-state index contributed by atoms with van der Waals surface area (Å²) in [5.41, 5.74) is 4.07. The molecule has 1 atom stereocenters. The molecule has 3 nitrogen and oxygen atoms in total. The minimum Gasteiger partial charge on any atom is -0.481 e. The van der Waals surface area contributed by atoms with E-state index in [1.54, 1.807) is 11.8 Å². The van der Waals surface area contributed by atoms with Crippen LogP contribution in [0.3, 0.4) is 0 Å². The fourth-order valence-electron chi connectivity index (χ4n) is 3.36. The van der Waals surface area contributed by atoms with Crippen molar-refractivity contribution >= 4 is 17.7 Å². The lowest BCUT2D eigenvalue weighted by atomic mass is 9.92. The molecule has 27 heavy (non-hydrogen) atoms. The molecule has 1 amide bonds. The van der Waals surface area contributed by atoms with Gasteiger partial charge in [0.25, 0.3) is 5.91 Å². The van der Waals surface area contributed by atoms with Crippen LogP contribution in [-0.2, 0) is 17.6 Å². The highest BCUT2D eigenvalue weighted by molar-refractivity contribution is 7.99.